The highest BCUT2D eigenvalue weighted by Crippen LogP contribution is 2.42. The molecular weight excluding hydrogens is 521 g/mol. The van der Waals surface area contributed by atoms with Gasteiger partial charge in [0.05, 0.1) is 39.1 Å². The first-order chi connectivity index (χ1) is 17.1. The van der Waals surface area contributed by atoms with Crippen molar-refractivity contribution in [2.45, 2.75) is 30.3 Å². The second-order valence-corrected chi connectivity index (χ2v) is 11.5. The van der Waals surface area contributed by atoms with Crippen LogP contribution in [0.2, 0.25) is 10.0 Å². The Morgan fingerprint density at radius 3 is 2.58 bits per heavy atom. The number of carbonyl (C=O) groups is 1. The molecule has 0 bridgehead atoms. The number of benzene rings is 1. The van der Waals surface area contributed by atoms with E-state index in [1.165, 1.54) is 17.3 Å². The fraction of sp³-hybridized carbons (Fsp3) is 0.200. The third kappa shape index (κ3) is 4.86. The quantitative estimate of drug-likeness (QED) is 0.363. The summed E-state index contributed by atoms with van der Waals surface area (Å²) in [6.45, 7) is 0.0369. The molecule has 184 valence electrons. The monoisotopic (exact) mass is 541 g/mol. The fourth-order valence-electron chi connectivity index (χ4n) is 4.00. The highest BCUT2D eigenvalue weighted by Gasteiger charge is 2.30. The Hall–Kier alpha value is -3.27. The molecule has 0 spiro atoms. The summed E-state index contributed by atoms with van der Waals surface area (Å²) >= 11 is 12.5. The molecule has 11 heteroatoms. The number of nitrogens with zero attached hydrogens (tertiary/aromatic N) is 4. The first-order valence-corrected chi connectivity index (χ1v) is 13.7. The zero-order valence-corrected chi connectivity index (χ0v) is 21.5. The number of nitrogen functional groups attached to an aromatic ring is 1. The van der Waals surface area contributed by atoms with Crippen LogP contribution in [0.1, 0.15) is 40.4 Å². The lowest BCUT2D eigenvalue weighted by molar-refractivity contribution is 0.0984. The van der Waals surface area contributed by atoms with Crippen molar-refractivity contribution in [2.24, 2.45) is 0 Å². The average molecular weight is 542 g/mol. The number of carbonyl (C=O) groups excluding carboxylic acids is 1. The van der Waals surface area contributed by atoms with Gasteiger partial charge < -0.3 is 10.6 Å². The topological polar surface area (TPSA) is 119 Å². The van der Waals surface area contributed by atoms with Crippen molar-refractivity contribution in [2.75, 3.05) is 16.9 Å². The van der Waals surface area contributed by atoms with Crippen molar-refractivity contribution in [3.8, 4) is 0 Å². The van der Waals surface area contributed by atoms with Crippen molar-refractivity contribution >= 4 is 61.4 Å². The van der Waals surface area contributed by atoms with Crippen LogP contribution >= 0.6 is 23.2 Å². The van der Waals surface area contributed by atoms with Crippen molar-refractivity contribution in [3.63, 3.8) is 0 Å². The summed E-state index contributed by atoms with van der Waals surface area (Å²) in [6, 6.07) is 11.8. The summed E-state index contributed by atoms with van der Waals surface area (Å²) in [5.41, 5.74) is 8.32. The van der Waals surface area contributed by atoms with Gasteiger partial charge in [-0.3, -0.25) is 9.78 Å². The number of hydrogen-bond donors (Lipinski definition) is 1. The normalized spacial score (nSPS) is 13.6. The lowest BCUT2D eigenvalue weighted by Gasteiger charge is -2.25. The van der Waals surface area contributed by atoms with Gasteiger partial charge in [-0.15, -0.1) is 0 Å². The van der Waals surface area contributed by atoms with Gasteiger partial charge in [-0.25, -0.2) is 18.4 Å². The molecule has 36 heavy (non-hydrogen) atoms. The number of aromatic nitrogens is 3. The predicted octanol–water partition coefficient (Wildman–Crippen LogP) is 5.04. The van der Waals surface area contributed by atoms with E-state index in [9.17, 15) is 13.2 Å². The fourth-order valence-corrected chi connectivity index (χ4v) is 5.29. The molecule has 1 aliphatic rings. The Bertz CT molecular complexity index is 1620. The number of amides is 1. The first kappa shape index (κ1) is 24.4. The van der Waals surface area contributed by atoms with Crippen molar-refractivity contribution in [1.82, 2.24) is 15.0 Å². The Kier molecular flexibility index (Phi) is 6.32. The number of halogens is 2. The van der Waals surface area contributed by atoms with Crippen LogP contribution in [0, 0.1) is 0 Å². The Labute approximate surface area is 218 Å². The summed E-state index contributed by atoms with van der Waals surface area (Å²) in [4.78, 5) is 28.0. The second kappa shape index (κ2) is 9.31. The van der Waals surface area contributed by atoms with Gasteiger partial charge in [0.2, 0.25) is 0 Å². The highest BCUT2D eigenvalue weighted by atomic mass is 35.5. The maximum absolute atomic E-state index is 13.8. The molecule has 2 N–H and O–H groups in total. The second-order valence-electron chi connectivity index (χ2n) is 8.74. The van der Waals surface area contributed by atoms with E-state index in [-0.39, 0.29) is 28.6 Å². The maximum Gasteiger partial charge on any atom is 0.260 e. The Morgan fingerprint density at radius 2 is 1.89 bits per heavy atom. The number of rotatable bonds is 6. The van der Waals surface area contributed by atoms with Gasteiger partial charge in [0.1, 0.15) is 5.82 Å². The summed E-state index contributed by atoms with van der Waals surface area (Å²) in [5, 5.41) is 1.34. The van der Waals surface area contributed by atoms with Gasteiger partial charge in [0.25, 0.3) is 5.91 Å². The van der Waals surface area contributed by atoms with Crippen molar-refractivity contribution < 1.29 is 13.2 Å². The standard InChI is InChI=1S/C25H21Cl2N5O3S/c1-36(34,35)24-21(3-2-8-29-24)32(25(33)17-11-18(26)22(30-12-17)15-6-7-15)13-14-4-5-16-10-19(27)23(28)31-20(16)9-14/h2-5,8-12,15H,6-7,13H2,1H3,(H2,28,31). The molecule has 5 rings (SSSR count). The third-order valence-electron chi connectivity index (χ3n) is 5.92. The Balaban J connectivity index is 1.60. The molecule has 1 aromatic carbocycles. The summed E-state index contributed by atoms with van der Waals surface area (Å²) in [7, 11) is -3.74. The van der Waals surface area contributed by atoms with E-state index in [4.69, 9.17) is 28.9 Å². The summed E-state index contributed by atoms with van der Waals surface area (Å²) in [5.74, 6) is 0.0459. The van der Waals surface area contributed by atoms with E-state index < -0.39 is 15.7 Å². The van der Waals surface area contributed by atoms with Crippen molar-refractivity contribution in [3.05, 3.63) is 81.7 Å². The van der Waals surface area contributed by atoms with E-state index >= 15 is 0 Å². The molecule has 8 nitrogen and oxygen atoms in total. The summed E-state index contributed by atoms with van der Waals surface area (Å²) in [6.07, 6.45) is 5.95. The zero-order chi connectivity index (χ0) is 25.6. The molecule has 1 fully saturated rings. The van der Waals surface area contributed by atoms with Gasteiger partial charge in [-0.1, -0.05) is 35.3 Å². The molecular formula is C25H21Cl2N5O3S. The zero-order valence-electron chi connectivity index (χ0n) is 19.1. The predicted molar refractivity (Wildman–Crippen MR) is 140 cm³/mol. The van der Waals surface area contributed by atoms with Gasteiger partial charge >= 0.3 is 0 Å². The molecule has 0 radical (unpaired) electrons. The molecule has 0 aliphatic heterocycles. The van der Waals surface area contributed by atoms with E-state index in [1.807, 2.05) is 12.1 Å². The first-order valence-electron chi connectivity index (χ1n) is 11.1. The lowest BCUT2D eigenvalue weighted by atomic mass is 10.1. The molecule has 1 saturated carbocycles. The van der Waals surface area contributed by atoms with Gasteiger partial charge in [-0.2, -0.15) is 0 Å². The number of fused-ring (bicyclic) bond motifs is 1. The molecule has 0 saturated heterocycles. The largest absolute Gasteiger partial charge is 0.382 e. The average Bonchev–Trinajstić information content (AvgIpc) is 3.68. The van der Waals surface area contributed by atoms with Gasteiger partial charge in [0.15, 0.2) is 14.9 Å². The van der Waals surface area contributed by atoms with Crippen LogP contribution in [0.25, 0.3) is 10.9 Å². The Morgan fingerprint density at radius 1 is 1.11 bits per heavy atom. The van der Waals surface area contributed by atoms with Gasteiger partial charge in [-0.05, 0) is 48.7 Å². The van der Waals surface area contributed by atoms with Gasteiger partial charge in [0, 0.05) is 30.0 Å². The van der Waals surface area contributed by atoms with E-state index in [2.05, 4.69) is 15.0 Å². The molecule has 3 heterocycles. The van der Waals surface area contributed by atoms with Crippen LogP contribution in [0.15, 0.2) is 59.9 Å². The highest BCUT2D eigenvalue weighted by molar-refractivity contribution is 7.90. The van der Waals surface area contributed by atoms with E-state index in [1.54, 1.807) is 30.3 Å². The molecule has 0 atom stereocenters. The minimum absolute atomic E-state index is 0.0369. The van der Waals surface area contributed by atoms with E-state index in [0.717, 1.165) is 30.2 Å². The molecule has 4 aromatic rings. The molecule has 0 unspecified atom stereocenters. The number of sulfone groups is 1. The van der Waals surface area contributed by atoms with Crippen LogP contribution < -0.4 is 10.6 Å². The number of anilines is 2. The SMILES string of the molecule is CS(=O)(=O)c1ncccc1N(Cc1ccc2cc(Cl)c(N)nc2c1)C(=O)c1cnc(C2CC2)c(Cl)c1. The number of nitrogens with two attached hydrogens (primary N) is 1. The summed E-state index contributed by atoms with van der Waals surface area (Å²) < 4.78 is 25.0. The van der Waals surface area contributed by atoms with Crippen LogP contribution in [0.3, 0.4) is 0 Å². The lowest BCUT2D eigenvalue weighted by Crippen LogP contribution is -2.32. The van der Waals surface area contributed by atoms with Crippen LogP contribution in [0.5, 0.6) is 0 Å². The number of pyridine rings is 3. The smallest absolute Gasteiger partial charge is 0.260 e. The maximum atomic E-state index is 13.8. The van der Waals surface area contributed by atoms with Crippen LogP contribution in [-0.2, 0) is 16.4 Å². The molecule has 1 aliphatic carbocycles. The van der Waals surface area contributed by atoms with Crippen LogP contribution in [-0.4, -0.2) is 35.5 Å². The van der Waals surface area contributed by atoms with Crippen LogP contribution in [0.4, 0.5) is 11.5 Å². The minimum atomic E-state index is -3.74. The minimum Gasteiger partial charge on any atom is -0.382 e. The third-order valence-corrected chi connectivity index (χ3v) is 7.54. The van der Waals surface area contributed by atoms with E-state index in [0.29, 0.717) is 27.0 Å². The van der Waals surface area contributed by atoms with Crippen molar-refractivity contribution in [1.29, 1.82) is 0 Å². The molecule has 3 aromatic heterocycles. The molecule has 1 amide bonds. The number of hydrogen-bond acceptors (Lipinski definition) is 7.